The third kappa shape index (κ3) is 7.45. The van der Waals surface area contributed by atoms with Crippen molar-refractivity contribution in [3.8, 4) is 0 Å². The Hall–Kier alpha value is -1.63. The van der Waals surface area contributed by atoms with Gasteiger partial charge in [0.05, 0.1) is 12.5 Å². The summed E-state index contributed by atoms with van der Waals surface area (Å²) in [4.78, 5) is 37.4. The van der Waals surface area contributed by atoms with Gasteiger partial charge < -0.3 is 10.6 Å². The Morgan fingerprint density at radius 2 is 2.00 bits per heavy atom. The van der Waals surface area contributed by atoms with Crippen molar-refractivity contribution in [1.29, 1.82) is 0 Å². The zero-order chi connectivity index (χ0) is 17.2. The van der Waals surface area contributed by atoms with Crippen molar-refractivity contribution in [3.05, 3.63) is 0 Å². The van der Waals surface area contributed by atoms with E-state index in [0.29, 0.717) is 13.1 Å². The number of carbonyl (C=O) groups is 3. The second-order valence-electron chi connectivity index (χ2n) is 6.18. The summed E-state index contributed by atoms with van der Waals surface area (Å²) in [6.45, 7) is 7.86. The molecule has 7 nitrogen and oxygen atoms in total. The lowest BCUT2D eigenvalue weighted by Gasteiger charge is -2.32. The van der Waals surface area contributed by atoms with Crippen LogP contribution < -0.4 is 16.0 Å². The zero-order valence-electron chi connectivity index (χ0n) is 14.5. The van der Waals surface area contributed by atoms with Crippen molar-refractivity contribution >= 4 is 17.8 Å². The topological polar surface area (TPSA) is 90.5 Å². The van der Waals surface area contributed by atoms with Crippen molar-refractivity contribution in [2.75, 3.05) is 26.2 Å². The van der Waals surface area contributed by atoms with Crippen LogP contribution in [-0.4, -0.2) is 55.0 Å². The smallest absolute Gasteiger partial charge is 0.321 e. The SMILES string of the molecule is CCC[C@H](C)NC(=O)[C@@H]1CCCN(CC(=O)NC(=O)NCC)C1. The van der Waals surface area contributed by atoms with E-state index in [-0.39, 0.29) is 30.3 Å². The minimum Gasteiger partial charge on any atom is -0.353 e. The highest BCUT2D eigenvalue weighted by molar-refractivity contribution is 5.95. The van der Waals surface area contributed by atoms with E-state index in [4.69, 9.17) is 0 Å². The third-order valence-electron chi connectivity index (χ3n) is 3.94. The number of carbonyl (C=O) groups excluding carboxylic acids is 3. The molecule has 4 amide bonds. The van der Waals surface area contributed by atoms with E-state index < -0.39 is 6.03 Å². The maximum Gasteiger partial charge on any atom is 0.321 e. The first-order chi connectivity index (χ1) is 11.0. The lowest BCUT2D eigenvalue weighted by molar-refractivity contribution is -0.129. The Morgan fingerprint density at radius 3 is 2.65 bits per heavy atom. The predicted molar refractivity (Wildman–Crippen MR) is 88.9 cm³/mol. The summed E-state index contributed by atoms with van der Waals surface area (Å²) in [5.41, 5.74) is 0. The van der Waals surface area contributed by atoms with Crippen LogP contribution in [0.2, 0.25) is 0 Å². The van der Waals surface area contributed by atoms with Crippen LogP contribution in [0.15, 0.2) is 0 Å². The maximum absolute atomic E-state index is 12.3. The molecular formula is C16H30N4O3. The first kappa shape index (κ1) is 19.4. The van der Waals surface area contributed by atoms with Crippen molar-refractivity contribution in [1.82, 2.24) is 20.9 Å². The number of piperidine rings is 1. The third-order valence-corrected chi connectivity index (χ3v) is 3.94. The molecule has 0 saturated carbocycles. The molecule has 132 valence electrons. The van der Waals surface area contributed by atoms with Crippen LogP contribution in [0.1, 0.15) is 46.5 Å². The number of rotatable bonds is 7. The van der Waals surface area contributed by atoms with Crippen LogP contribution in [-0.2, 0) is 9.59 Å². The highest BCUT2D eigenvalue weighted by atomic mass is 16.2. The fourth-order valence-corrected chi connectivity index (χ4v) is 2.85. The largest absolute Gasteiger partial charge is 0.353 e. The molecule has 23 heavy (non-hydrogen) atoms. The van der Waals surface area contributed by atoms with Crippen molar-refractivity contribution in [3.63, 3.8) is 0 Å². The van der Waals surface area contributed by atoms with E-state index in [0.717, 1.165) is 32.2 Å². The summed E-state index contributed by atoms with van der Waals surface area (Å²) in [5, 5.41) is 7.85. The minimum atomic E-state index is -0.475. The average molecular weight is 326 g/mol. The van der Waals surface area contributed by atoms with Gasteiger partial charge >= 0.3 is 6.03 Å². The van der Waals surface area contributed by atoms with Gasteiger partial charge in [-0.3, -0.25) is 19.8 Å². The first-order valence-electron chi connectivity index (χ1n) is 8.56. The van der Waals surface area contributed by atoms with Gasteiger partial charge in [0, 0.05) is 19.1 Å². The van der Waals surface area contributed by atoms with Crippen LogP contribution in [0.25, 0.3) is 0 Å². The van der Waals surface area contributed by atoms with Crippen molar-refractivity contribution in [2.24, 2.45) is 5.92 Å². The van der Waals surface area contributed by atoms with Gasteiger partial charge in [-0.25, -0.2) is 4.79 Å². The van der Waals surface area contributed by atoms with Gasteiger partial charge in [0.15, 0.2) is 0 Å². The molecule has 3 N–H and O–H groups in total. The lowest BCUT2D eigenvalue weighted by atomic mass is 9.96. The number of imide groups is 1. The monoisotopic (exact) mass is 326 g/mol. The van der Waals surface area contributed by atoms with E-state index in [1.165, 1.54) is 0 Å². The van der Waals surface area contributed by atoms with Crippen LogP contribution in [0.4, 0.5) is 4.79 Å². The number of nitrogens with zero attached hydrogens (tertiary/aromatic N) is 1. The molecule has 0 bridgehead atoms. The van der Waals surface area contributed by atoms with Gasteiger partial charge in [0.25, 0.3) is 0 Å². The average Bonchev–Trinajstić information content (AvgIpc) is 2.47. The summed E-state index contributed by atoms with van der Waals surface area (Å²) >= 11 is 0. The molecule has 0 aromatic carbocycles. The van der Waals surface area contributed by atoms with Crippen LogP contribution >= 0.6 is 0 Å². The Labute approximate surface area is 138 Å². The molecule has 2 atom stereocenters. The summed E-state index contributed by atoms with van der Waals surface area (Å²) < 4.78 is 0. The Balaban J connectivity index is 2.40. The molecule has 1 fully saturated rings. The van der Waals surface area contributed by atoms with E-state index in [1.807, 2.05) is 11.8 Å². The Kier molecular flexibility index (Phi) is 8.61. The van der Waals surface area contributed by atoms with Gasteiger partial charge in [-0.2, -0.15) is 0 Å². The predicted octanol–water partition coefficient (Wildman–Crippen LogP) is 0.849. The first-order valence-corrected chi connectivity index (χ1v) is 8.56. The van der Waals surface area contributed by atoms with E-state index >= 15 is 0 Å². The molecule has 1 heterocycles. The van der Waals surface area contributed by atoms with Gasteiger partial charge in [-0.15, -0.1) is 0 Å². The summed E-state index contributed by atoms with van der Waals surface area (Å²) in [6, 6.07) is -0.291. The van der Waals surface area contributed by atoms with Gasteiger partial charge in [0.2, 0.25) is 11.8 Å². The van der Waals surface area contributed by atoms with E-state index in [2.05, 4.69) is 22.9 Å². The van der Waals surface area contributed by atoms with E-state index in [1.54, 1.807) is 6.92 Å². The molecule has 1 saturated heterocycles. The summed E-state index contributed by atoms with van der Waals surface area (Å²) in [5.74, 6) is -0.350. The molecule has 7 heteroatoms. The van der Waals surface area contributed by atoms with Gasteiger partial charge in [-0.1, -0.05) is 13.3 Å². The Morgan fingerprint density at radius 1 is 1.26 bits per heavy atom. The highest BCUT2D eigenvalue weighted by Crippen LogP contribution is 2.16. The minimum absolute atomic E-state index is 0.0692. The molecule has 0 spiro atoms. The number of urea groups is 1. The molecule has 1 aliphatic rings. The maximum atomic E-state index is 12.3. The van der Waals surface area contributed by atoms with Gasteiger partial charge in [0.1, 0.15) is 0 Å². The van der Waals surface area contributed by atoms with Crippen LogP contribution in [0.5, 0.6) is 0 Å². The second kappa shape index (κ2) is 10.2. The molecule has 0 aromatic heterocycles. The van der Waals surface area contributed by atoms with Crippen molar-refractivity contribution in [2.45, 2.75) is 52.5 Å². The normalized spacial score (nSPS) is 19.7. The van der Waals surface area contributed by atoms with Crippen LogP contribution in [0, 0.1) is 5.92 Å². The van der Waals surface area contributed by atoms with Crippen LogP contribution in [0.3, 0.4) is 0 Å². The number of nitrogens with one attached hydrogen (secondary N) is 3. The summed E-state index contributed by atoms with van der Waals surface area (Å²) in [6.07, 6.45) is 3.74. The Bertz CT molecular complexity index is 414. The lowest BCUT2D eigenvalue weighted by Crippen LogP contribution is -2.49. The number of hydrogen-bond acceptors (Lipinski definition) is 4. The molecular weight excluding hydrogens is 296 g/mol. The fourth-order valence-electron chi connectivity index (χ4n) is 2.85. The molecule has 1 aliphatic heterocycles. The zero-order valence-corrected chi connectivity index (χ0v) is 14.5. The molecule has 1 rings (SSSR count). The number of likely N-dealkylation sites (tertiary alicyclic amines) is 1. The fraction of sp³-hybridized carbons (Fsp3) is 0.812. The molecule has 0 aromatic rings. The molecule has 0 aliphatic carbocycles. The quantitative estimate of drug-likeness (QED) is 0.647. The molecule has 0 unspecified atom stereocenters. The molecule has 0 radical (unpaired) electrons. The second-order valence-corrected chi connectivity index (χ2v) is 6.18. The van der Waals surface area contributed by atoms with E-state index in [9.17, 15) is 14.4 Å². The highest BCUT2D eigenvalue weighted by Gasteiger charge is 2.27. The standard InChI is InChI=1S/C16H30N4O3/c1-4-7-12(3)18-15(22)13-8-6-9-20(10-13)11-14(21)19-16(23)17-5-2/h12-13H,4-11H2,1-3H3,(H,18,22)(H2,17,19,21,23)/t12-,13+/m0/s1. The summed E-state index contributed by atoms with van der Waals surface area (Å²) in [7, 11) is 0. The van der Waals surface area contributed by atoms with Crippen molar-refractivity contribution < 1.29 is 14.4 Å². The number of amides is 4. The van der Waals surface area contributed by atoms with Gasteiger partial charge in [-0.05, 0) is 39.7 Å². The number of hydrogen-bond donors (Lipinski definition) is 3.